The molecule has 0 saturated carbocycles. The van der Waals surface area contributed by atoms with E-state index in [0.717, 1.165) is 26.1 Å². The summed E-state index contributed by atoms with van der Waals surface area (Å²) in [4.78, 5) is 4.91. The van der Waals surface area contributed by atoms with Gasteiger partial charge in [0.2, 0.25) is 0 Å². The number of hydrogen-bond donors (Lipinski definition) is 1. The molecule has 0 radical (unpaired) electrons. The number of nitrogens with zero attached hydrogens (tertiary/aromatic N) is 2. The van der Waals surface area contributed by atoms with Gasteiger partial charge in [0.15, 0.2) is 0 Å². The van der Waals surface area contributed by atoms with Crippen LogP contribution in [0.15, 0.2) is 24.3 Å². The number of para-hydroxylation sites is 1. The molecule has 0 spiro atoms. The third-order valence-corrected chi connectivity index (χ3v) is 3.86. The van der Waals surface area contributed by atoms with Gasteiger partial charge in [-0.1, -0.05) is 25.1 Å². The summed E-state index contributed by atoms with van der Waals surface area (Å²) in [5, 5.41) is 0. The van der Waals surface area contributed by atoms with Crippen LogP contribution in [0, 0.1) is 0 Å². The van der Waals surface area contributed by atoms with Gasteiger partial charge in [0.05, 0.1) is 6.04 Å². The molecule has 1 aromatic carbocycles. The van der Waals surface area contributed by atoms with Crippen LogP contribution in [0.5, 0.6) is 0 Å². The zero-order valence-corrected chi connectivity index (χ0v) is 11.6. The zero-order chi connectivity index (χ0) is 13.0. The average molecular weight is 247 g/mol. The molecule has 1 heterocycles. The van der Waals surface area contributed by atoms with Gasteiger partial charge in [0.25, 0.3) is 0 Å². The number of hydrogen-bond acceptors (Lipinski definition) is 3. The maximum atomic E-state index is 5.99. The average Bonchev–Trinajstić information content (AvgIpc) is 2.60. The Morgan fingerprint density at radius 3 is 2.78 bits per heavy atom. The van der Waals surface area contributed by atoms with Gasteiger partial charge in [-0.2, -0.15) is 0 Å². The molecule has 1 fully saturated rings. The molecule has 1 atom stereocenters. The van der Waals surface area contributed by atoms with Crippen molar-refractivity contribution in [3.63, 3.8) is 0 Å². The Kier molecular flexibility index (Phi) is 4.61. The Morgan fingerprint density at radius 1 is 1.28 bits per heavy atom. The highest BCUT2D eigenvalue weighted by molar-refractivity contribution is 5.54. The molecule has 0 amide bonds. The molecule has 3 nitrogen and oxygen atoms in total. The largest absolute Gasteiger partial charge is 0.366 e. The first-order valence-corrected chi connectivity index (χ1v) is 6.99. The van der Waals surface area contributed by atoms with Crippen molar-refractivity contribution in [1.29, 1.82) is 0 Å². The summed E-state index contributed by atoms with van der Waals surface area (Å²) in [7, 11) is 2.19. The highest BCUT2D eigenvalue weighted by atomic mass is 15.2. The van der Waals surface area contributed by atoms with Crippen molar-refractivity contribution in [3.05, 3.63) is 29.8 Å². The first-order chi connectivity index (χ1) is 8.76. The molecule has 0 aromatic heterocycles. The number of aryl methyl sites for hydroxylation is 1. The van der Waals surface area contributed by atoms with Crippen LogP contribution in [-0.2, 0) is 6.42 Å². The van der Waals surface area contributed by atoms with Gasteiger partial charge >= 0.3 is 0 Å². The van der Waals surface area contributed by atoms with E-state index in [1.165, 1.54) is 24.2 Å². The van der Waals surface area contributed by atoms with Crippen LogP contribution in [0.4, 0.5) is 5.69 Å². The van der Waals surface area contributed by atoms with Crippen LogP contribution in [-0.4, -0.2) is 44.2 Å². The van der Waals surface area contributed by atoms with Crippen LogP contribution in [0.1, 0.15) is 18.9 Å². The van der Waals surface area contributed by atoms with Crippen molar-refractivity contribution < 1.29 is 0 Å². The van der Waals surface area contributed by atoms with E-state index in [2.05, 4.69) is 48.0 Å². The molecule has 1 aliphatic heterocycles. The Labute approximate surface area is 111 Å². The number of likely N-dealkylation sites (N-methyl/N-ethyl adjacent to an activating group) is 1. The lowest BCUT2D eigenvalue weighted by atomic mass is 10.1. The second-order valence-electron chi connectivity index (χ2n) is 5.18. The molecule has 0 aliphatic carbocycles. The molecular formula is C15H25N3. The van der Waals surface area contributed by atoms with Gasteiger partial charge in [0, 0.05) is 25.3 Å². The van der Waals surface area contributed by atoms with E-state index in [1.54, 1.807) is 0 Å². The highest BCUT2D eigenvalue weighted by Gasteiger charge is 2.23. The third kappa shape index (κ3) is 2.85. The summed E-state index contributed by atoms with van der Waals surface area (Å²) in [6.45, 7) is 6.29. The van der Waals surface area contributed by atoms with E-state index < -0.39 is 0 Å². The fourth-order valence-corrected chi connectivity index (χ4v) is 2.85. The SMILES string of the molecule is CCc1ccccc1N1CCCN(C)CC1CN. The lowest BCUT2D eigenvalue weighted by Crippen LogP contribution is -2.45. The predicted octanol–water partition coefficient (Wildman–Crippen LogP) is 1.72. The quantitative estimate of drug-likeness (QED) is 0.883. The topological polar surface area (TPSA) is 32.5 Å². The molecule has 2 rings (SSSR count). The second kappa shape index (κ2) is 6.21. The molecule has 0 bridgehead atoms. The minimum absolute atomic E-state index is 0.435. The van der Waals surface area contributed by atoms with Gasteiger partial charge in [-0.3, -0.25) is 0 Å². The smallest absolute Gasteiger partial charge is 0.0539 e. The molecule has 1 aromatic rings. The molecule has 1 aliphatic rings. The first-order valence-electron chi connectivity index (χ1n) is 6.99. The van der Waals surface area contributed by atoms with Crippen LogP contribution in [0.3, 0.4) is 0 Å². The Hall–Kier alpha value is -1.06. The second-order valence-corrected chi connectivity index (χ2v) is 5.18. The summed E-state index contributed by atoms with van der Waals surface area (Å²) in [5.74, 6) is 0. The van der Waals surface area contributed by atoms with Gasteiger partial charge in [-0.25, -0.2) is 0 Å². The fourth-order valence-electron chi connectivity index (χ4n) is 2.85. The normalized spacial score (nSPS) is 21.9. The number of nitrogens with two attached hydrogens (primary N) is 1. The van der Waals surface area contributed by atoms with Gasteiger partial charge in [-0.05, 0) is 38.1 Å². The summed E-state index contributed by atoms with van der Waals surface area (Å²) < 4.78 is 0. The Morgan fingerprint density at radius 2 is 2.06 bits per heavy atom. The lowest BCUT2D eigenvalue weighted by molar-refractivity contribution is 0.332. The number of anilines is 1. The molecule has 3 heteroatoms. The maximum Gasteiger partial charge on any atom is 0.0539 e. The minimum Gasteiger partial charge on any atom is -0.366 e. The summed E-state index contributed by atoms with van der Waals surface area (Å²) in [5.41, 5.74) is 8.80. The zero-order valence-electron chi connectivity index (χ0n) is 11.6. The van der Waals surface area contributed by atoms with E-state index in [4.69, 9.17) is 5.73 Å². The number of rotatable bonds is 3. The van der Waals surface area contributed by atoms with E-state index in [-0.39, 0.29) is 0 Å². The Balaban J connectivity index is 2.28. The molecule has 2 N–H and O–H groups in total. The van der Waals surface area contributed by atoms with Gasteiger partial charge in [0.1, 0.15) is 0 Å². The molecule has 1 saturated heterocycles. The molecular weight excluding hydrogens is 222 g/mol. The maximum absolute atomic E-state index is 5.99. The lowest BCUT2D eigenvalue weighted by Gasteiger charge is -2.33. The van der Waals surface area contributed by atoms with Crippen LogP contribution < -0.4 is 10.6 Å². The predicted molar refractivity (Wildman–Crippen MR) is 78.1 cm³/mol. The first kappa shape index (κ1) is 13.4. The molecule has 18 heavy (non-hydrogen) atoms. The van der Waals surface area contributed by atoms with E-state index in [1.807, 2.05) is 0 Å². The summed E-state index contributed by atoms with van der Waals surface area (Å²) in [6, 6.07) is 9.18. The molecule has 1 unspecified atom stereocenters. The number of benzene rings is 1. The van der Waals surface area contributed by atoms with E-state index in [9.17, 15) is 0 Å². The Bertz CT molecular complexity index is 378. The third-order valence-electron chi connectivity index (χ3n) is 3.86. The van der Waals surface area contributed by atoms with Crippen molar-refractivity contribution in [2.45, 2.75) is 25.8 Å². The van der Waals surface area contributed by atoms with Crippen LogP contribution in [0.25, 0.3) is 0 Å². The summed E-state index contributed by atoms with van der Waals surface area (Å²) in [6.07, 6.45) is 2.30. The van der Waals surface area contributed by atoms with Crippen molar-refractivity contribution in [2.75, 3.05) is 38.1 Å². The highest BCUT2D eigenvalue weighted by Crippen LogP contribution is 2.24. The molecule has 100 valence electrons. The monoisotopic (exact) mass is 247 g/mol. The fraction of sp³-hybridized carbons (Fsp3) is 0.600. The van der Waals surface area contributed by atoms with Crippen molar-refractivity contribution in [2.24, 2.45) is 5.73 Å². The van der Waals surface area contributed by atoms with Crippen LogP contribution in [0.2, 0.25) is 0 Å². The standard InChI is InChI=1S/C15H25N3/c1-3-13-7-4-5-8-15(13)18-10-6-9-17(2)12-14(18)11-16/h4-5,7-8,14H,3,6,9-12,16H2,1-2H3. The van der Waals surface area contributed by atoms with Crippen molar-refractivity contribution in [3.8, 4) is 0 Å². The summed E-state index contributed by atoms with van der Waals surface area (Å²) >= 11 is 0. The van der Waals surface area contributed by atoms with Crippen molar-refractivity contribution >= 4 is 5.69 Å². The van der Waals surface area contributed by atoms with Crippen molar-refractivity contribution in [1.82, 2.24) is 4.90 Å². The van der Waals surface area contributed by atoms with Gasteiger partial charge < -0.3 is 15.5 Å². The van der Waals surface area contributed by atoms with E-state index >= 15 is 0 Å². The van der Waals surface area contributed by atoms with Gasteiger partial charge in [-0.15, -0.1) is 0 Å². The minimum atomic E-state index is 0.435. The van der Waals surface area contributed by atoms with Crippen LogP contribution >= 0.6 is 0 Å². The van der Waals surface area contributed by atoms with E-state index in [0.29, 0.717) is 6.04 Å².